The van der Waals surface area contributed by atoms with Crippen LogP contribution in [0.3, 0.4) is 0 Å². The van der Waals surface area contributed by atoms with Gasteiger partial charge in [-0.1, -0.05) is 20.3 Å². The molecule has 0 radical (unpaired) electrons. The van der Waals surface area contributed by atoms with E-state index in [0.717, 1.165) is 63.5 Å². The molecular formula is C17H26N2O2. The van der Waals surface area contributed by atoms with Crippen molar-refractivity contribution in [2.75, 3.05) is 39.3 Å². The van der Waals surface area contributed by atoms with Gasteiger partial charge in [0.05, 0.1) is 6.61 Å². The first-order chi connectivity index (χ1) is 10.2. The first kappa shape index (κ1) is 15.8. The Balaban J connectivity index is 1.88. The quantitative estimate of drug-likeness (QED) is 0.755. The third kappa shape index (κ3) is 4.46. The highest BCUT2D eigenvalue weighted by atomic mass is 16.5. The average molecular weight is 290 g/mol. The lowest BCUT2D eigenvalue weighted by Crippen LogP contribution is -2.48. The third-order valence-electron chi connectivity index (χ3n) is 3.97. The zero-order valence-electron chi connectivity index (χ0n) is 13.2. The van der Waals surface area contributed by atoms with Crippen LogP contribution in [0.2, 0.25) is 0 Å². The van der Waals surface area contributed by atoms with Crippen LogP contribution in [0.25, 0.3) is 0 Å². The van der Waals surface area contributed by atoms with Crippen molar-refractivity contribution in [3.05, 3.63) is 29.8 Å². The number of hydrogen-bond donors (Lipinski definition) is 0. The maximum Gasteiger partial charge on any atom is 0.253 e. The smallest absolute Gasteiger partial charge is 0.253 e. The SMILES string of the molecule is CCCCOc1ccc(C(=O)N2CCN(CC)CC2)cc1. The molecule has 4 nitrogen and oxygen atoms in total. The van der Waals surface area contributed by atoms with Crippen molar-refractivity contribution < 1.29 is 9.53 Å². The molecule has 0 atom stereocenters. The largest absolute Gasteiger partial charge is 0.494 e. The highest BCUT2D eigenvalue weighted by Gasteiger charge is 2.21. The van der Waals surface area contributed by atoms with Crippen molar-refractivity contribution in [2.24, 2.45) is 0 Å². The Morgan fingerprint density at radius 2 is 1.76 bits per heavy atom. The van der Waals surface area contributed by atoms with Crippen LogP contribution < -0.4 is 4.74 Å². The van der Waals surface area contributed by atoms with Gasteiger partial charge in [-0.25, -0.2) is 0 Å². The second kappa shape index (κ2) is 8.03. The molecule has 0 spiro atoms. The van der Waals surface area contributed by atoms with E-state index < -0.39 is 0 Å². The fraction of sp³-hybridized carbons (Fsp3) is 0.588. The molecule has 116 valence electrons. The summed E-state index contributed by atoms with van der Waals surface area (Å²) in [5.74, 6) is 0.974. The fourth-order valence-corrected chi connectivity index (χ4v) is 2.48. The van der Waals surface area contributed by atoms with Crippen molar-refractivity contribution in [3.8, 4) is 5.75 Å². The number of ether oxygens (including phenoxy) is 1. The predicted molar refractivity (Wildman–Crippen MR) is 84.9 cm³/mol. The molecule has 0 aromatic heterocycles. The zero-order valence-corrected chi connectivity index (χ0v) is 13.2. The number of hydrogen-bond acceptors (Lipinski definition) is 3. The zero-order chi connectivity index (χ0) is 15.1. The van der Waals surface area contributed by atoms with Gasteiger partial charge in [-0.05, 0) is 37.2 Å². The first-order valence-electron chi connectivity index (χ1n) is 7.99. The number of benzene rings is 1. The van der Waals surface area contributed by atoms with Gasteiger partial charge >= 0.3 is 0 Å². The van der Waals surface area contributed by atoms with Crippen LogP contribution in [-0.2, 0) is 0 Å². The van der Waals surface area contributed by atoms with E-state index >= 15 is 0 Å². The maximum absolute atomic E-state index is 12.4. The Kier molecular flexibility index (Phi) is 6.05. The van der Waals surface area contributed by atoms with E-state index in [-0.39, 0.29) is 5.91 Å². The van der Waals surface area contributed by atoms with Gasteiger partial charge in [0.25, 0.3) is 5.91 Å². The second-order valence-electron chi connectivity index (χ2n) is 5.45. The topological polar surface area (TPSA) is 32.8 Å². The highest BCUT2D eigenvalue weighted by Crippen LogP contribution is 2.15. The maximum atomic E-state index is 12.4. The molecule has 1 aromatic rings. The minimum absolute atomic E-state index is 0.130. The van der Waals surface area contributed by atoms with Crippen LogP contribution in [0.1, 0.15) is 37.0 Å². The van der Waals surface area contributed by atoms with Crippen LogP contribution in [0.15, 0.2) is 24.3 Å². The molecule has 2 rings (SSSR count). The molecule has 0 bridgehead atoms. The fourth-order valence-electron chi connectivity index (χ4n) is 2.48. The van der Waals surface area contributed by atoms with Gasteiger partial charge in [-0.15, -0.1) is 0 Å². The van der Waals surface area contributed by atoms with Gasteiger partial charge in [-0.2, -0.15) is 0 Å². The highest BCUT2D eigenvalue weighted by molar-refractivity contribution is 5.94. The number of piperazine rings is 1. The lowest BCUT2D eigenvalue weighted by molar-refractivity contribution is 0.0643. The number of nitrogens with zero attached hydrogens (tertiary/aromatic N) is 2. The summed E-state index contributed by atoms with van der Waals surface area (Å²) in [6.45, 7) is 9.69. The average Bonchev–Trinajstić information content (AvgIpc) is 2.55. The summed E-state index contributed by atoms with van der Waals surface area (Å²) in [6.07, 6.45) is 2.18. The van der Waals surface area contributed by atoms with E-state index in [2.05, 4.69) is 18.7 Å². The molecular weight excluding hydrogens is 264 g/mol. The minimum Gasteiger partial charge on any atom is -0.494 e. The Labute approximate surface area is 127 Å². The normalized spacial score (nSPS) is 16.0. The summed E-state index contributed by atoms with van der Waals surface area (Å²) in [5, 5.41) is 0. The van der Waals surface area contributed by atoms with Crippen molar-refractivity contribution >= 4 is 5.91 Å². The monoisotopic (exact) mass is 290 g/mol. The molecule has 0 unspecified atom stereocenters. The number of carbonyl (C=O) groups excluding carboxylic acids is 1. The standard InChI is InChI=1S/C17H26N2O2/c1-3-5-14-21-16-8-6-15(7-9-16)17(20)19-12-10-18(4-2)11-13-19/h6-9H,3-5,10-14H2,1-2H3. The van der Waals surface area contributed by atoms with Gasteiger partial charge in [0.1, 0.15) is 5.75 Å². The Hall–Kier alpha value is -1.55. The van der Waals surface area contributed by atoms with E-state index in [4.69, 9.17) is 4.74 Å². The summed E-state index contributed by atoms with van der Waals surface area (Å²) >= 11 is 0. The minimum atomic E-state index is 0.130. The number of amides is 1. The summed E-state index contributed by atoms with van der Waals surface area (Å²) in [7, 11) is 0. The Morgan fingerprint density at radius 3 is 2.33 bits per heavy atom. The van der Waals surface area contributed by atoms with E-state index in [1.54, 1.807) is 0 Å². The number of unbranched alkanes of at least 4 members (excludes halogenated alkanes) is 1. The first-order valence-corrected chi connectivity index (χ1v) is 7.99. The molecule has 0 N–H and O–H groups in total. The summed E-state index contributed by atoms with van der Waals surface area (Å²) in [6, 6.07) is 7.53. The lowest BCUT2D eigenvalue weighted by atomic mass is 10.1. The second-order valence-corrected chi connectivity index (χ2v) is 5.45. The predicted octanol–water partition coefficient (Wildman–Crippen LogP) is 2.64. The number of rotatable bonds is 6. The van der Waals surface area contributed by atoms with Crippen LogP contribution in [0, 0.1) is 0 Å². The molecule has 1 amide bonds. The van der Waals surface area contributed by atoms with E-state index in [9.17, 15) is 4.79 Å². The summed E-state index contributed by atoms with van der Waals surface area (Å²) in [5.41, 5.74) is 0.753. The van der Waals surface area contributed by atoms with Gasteiger partial charge in [0.2, 0.25) is 0 Å². The molecule has 0 saturated carbocycles. The Bertz CT molecular complexity index is 437. The van der Waals surface area contributed by atoms with Crippen LogP contribution in [0.4, 0.5) is 0 Å². The number of likely N-dealkylation sites (N-methyl/N-ethyl adjacent to an activating group) is 1. The van der Waals surface area contributed by atoms with Gasteiger partial charge < -0.3 is 14.5 Å². The summed E-state index contributed by atoms with van der Waals surface area (Å²) in [4.78, 5) is 16.7. The van der Waals surface area contributed by atoms with Crippen LogP contribution >= 0.6 is 0 Å². The molecule has 1 aliphatic rings. The van der Waals surface area contributed by atoms with Crippen LogP contribution in [-0.4, -0.2) is 55.0 Å². The van der Waals surface area contributed by atoms with Crippen molar-refractivity contribution in [1.29, 1.82) is 0 Å². The van der Waals surface area contributed by atoms with Crippen molar-refractivity contribution in [1.82, 2.24) is 9.80 Å². The Morgan fingerprint density at radius 1 is 1.10 bits per heavy atom. The molecule has 1 aromatic carbocycles. The molecule has 1 fully saturated rings. The van der Waals surface area contributed by atoms with E-state index in [1.165, 1.54) is 0 Å². The summed E-state index contributed by atoms with van der Waals surface area (Å²) < 4.78 is 5.62. The molecule has 4 heteroatoms. The van der Waals surface area contributed by atoms with Crippen molar-refractivity contribution in [3.63, 3.8) is 0 Å². The van der Waals surface area contributed by atoms with E-state index in [0.29, 0.717) is 0 Å². The van der Waals surface area contributed by atoms with E-state index in [1.807, 2.05) is 29.2 Å². The van der Waals surface area contributed by atoms with Gasteiger partial charge in [-0.3, -0.25) is 4.79 Å². The third-order valence-corrected chi connectivity index (χ3v) is 3.97. The molecule has 1 heterocycles. The van der Waals surface area contributed by atoms with Gasteiger partial charge in [0, 0.05) is 31.7 Å². The van der Waals surface area contributed by atoms with Gasteiger partial charge in [0.15, 0.2) is 0 Å². The molecule has 0 aliphatic carbocycles. The molecule has 21 heavy (non-hydrogen) atoms. The van der Waals surface area contributed by atoms with Crippen molar-refractivity contribution in [2.45, 2.75) is 26.7 Å². The number of carbonyl (C=O) groups is 1. The molecule has 1 aliphatic heterocycles. The van der Waals surface area contributed by atoms with Crippen LogP contribution in [0.5, 0.6) is 5.75 Å². The molecule has 1 saturated heterocycles. The lowest BCUT2D eigenvalue weighted by Gasteiger charge is -2.34.